The molecule has 0 radical (unpaired) electrons. The van der Waals surface area contributed by atoms with Crippen LogP contribution < -0.4 is 5.32 Å². The van der Waals surface area contributed by atoms with Crippen LogP contribution in [0.2, 0.25) is 0 Å². The largest absolute Gasteiger partial charge is 0.373 e. The zero-order valence-corrected chi connectivity index (χ0v) is 13.4. The Morgan fingerprint density at radius 2 is 1.83 bits per heavy atom. The Morgan fingerprint density at radius 1 is 1.22 bits per heavy atom. The molecule has 1 aromatic rings. The molecule has 1 rings (SSSR count). The number of aromatic nitrogens is 2. The van der Waals surface area contributed by atoms with E-state index in [1.54, 1.807) is 0 Å². The second-order valence-electron chi connectivity index (χ2n) is 6.03. The summed E-state index contributed by atoms with van der Waals surface area (Å²) in [5.41, 5.74) is 1.13. The van der Waals surface area contributed by atoms with Crippen LogP contribution in [-0.2, 0) is 5.41 Å². The third-order valence-electron chi connectivity index (χ3n) is 2.56. The van der Waals surface area contributed by atoms with Gasteiger partial charge >= 0.3 is 0 Å². The van der Waals surface area contributed by atoms with Gasteiger partial charge in [-0.2, -0.15) is 0 Å². The van der Waals surface area contributed by atoms with Crippen molar-refractivity contribution in [2.45, 2.75) is 52.0 Å². The first-order chi connectivity index (χ1) is 8.25. The molecular weight excluding hydrogens is 242 g/mol. The predicted molar refractivity (Wildman–Crippen MR) is 80.6 cm³/mol. The summed E-state index contributed by atoms with van der Waals surface area (Å²) in [6.45, 7) is 13.0. The maximum absolute atomic E-state index is 4.74. The summed E-state index contributed by atoms with van der Waals surface area (Å²) in [5, 5.41) is 4.28. The van der Waals surface area contributed by atoms with Gasteiger partial charge in [-0.05, 0) is 12.8 Å². The highest BCUT2D eigenvalue weighted by Crippen LogP contribution is 2.29. The second kappa shape index (κ2) is 5.91. The summed E-state index contributed by atoms with van der Waals surface area (Å²) in [6.07, 6.45) is 0. The molecule has 1 aromatic heterocycles. The summed E-state index contributed by atoms with van der Waals surface area (Å²) in [4.78, 5) is 9.35. The van der Waals surface area contributed by atoms with Gasteiger partial charge in [0.1, 0.15) is 16.7 Å². The van der Waals surface area contributed by atoms with Crippen LogP contribution in [0.3, 0.4) is 0 Å². The van der Waals surface area contributed by atoms with Crippen molar-refractivity contribution in [2.75, 3.05) is 18.1 Å². The molecule has 4 heteroatoms. The molecule has 0 saturated carbocycles. The van der Waals surface area contributed by atoms with Gasteiger partial charge in [0, 0.05) is 23.8 Å². The van der Waals surface area contributed by atoms with Crippen molar-refractivity contribution in [3.8, 4) is 0 Å². The molecule has 0 aromatic carbocycles. The average molecular weight is 267 g/mol. The first-order valence-corrected chi connectivity index (χ1v) is 7.44. The van der Waals surface area contributed by atoms with E-state index in [4.69, 9.17) is 4.98 Å². The Hall–Kier alpha value is -0.770. The van der Waals surface area contributed by atoms with Crippen molar-refractivity contribution < 1.29 is 0 Å². The number of hydrogen-bond acceptors (Lipinski definition) is 4. The molecule has 18 heavy (non-hydrogen) atoms. The van der Waals surface area contributed by atoms with Crippen LogP contribution in [0.1, 0.15) is 46.0 Å². The summed E-state index contributed by atoms with van der Waals surface area (Å²) >= 11 is 1.82. The molecule has 0 fully saturated rings. The molecule has 0 saturated heterocycles. The lowest BCUT2D eigenvalue weighted by Crippen LogP contribution is -2.18. The average Bonchev–Trinajstić information content (AvgIpc) is 2.26. The van der Waals surface area contributed by atoms with Gasteiger partial charge in [-0.3, -0.25) is 0 Å². The monoisotopic (exact) mass is 267 g/mol. The van der Waals surface area contributed by atoms with E-state index in [-0.39, 0.29) is 5.41 Å². The molecule has 0 aliphatic heterocycles. The number of rotatable bonds is 4. The van der Waals surface area contributed by atoms with Crippen molar-refractivity contribution in [3.05, 3.63) is 11.4 Å². The van der Waals surface area contributed by atoms with Gasteiger partial charge < -0.3 is 5.32 Å². The highest BCUT2D eigenvalue weighted by atomic mass is 32.2. The van der Waals surface area contributed by atoms with E-state index in [1.807, 2.05) is 18.8 Å². The number of anilines is 1. The van der Waals surface area contributed by atoms with Crippen molar-refractivity contribution >= 4 is 17.6 Å². The van der Waals surface area contributed by atoms with Gasteiger partial charge in [0.25, 0.3) is 0 Å². The topological polar surface area (TPSA) is 37.8 Å². The molecule has 102 valence electrons. The zero-order valence-electron chi connectivity index (χ0n) is 12.6. The molecule has 1 N–H and O–H groups in total. The van der Waals surface area contributed by atoms with E-state index < -0.39 is 0 Å². The maximum Gasteiger partial charge on any atom is 0.137 e. The smallest absolute Gasteiger partial charge is 0.137 e. The zero-order chi connectivity index (χ0) is 13.9. The molecule has 0 bridgehead atoms. The number of thioether (sulfide) groups is 1. The van der Waals surface area contributed by atoms with Crippen LogP contribution in [0.5, 0.6) is 0 Å². The van der Waals surface area contributed by atoms with E-state index in [9.17, 15) is 0 Å². The Labute approximate surface area is 115 Å². The summed E-state index contributed by atoms with van der Waals surface area (Å²) in [6, 6.07) is 0. The molecule has 3 nitrogen and oxygen atoms in total. The first kappa shape index (κ1) is 15.3. The number of nitrogens with zero attached hydrogens (tertiary/aromatic N) is 2. The SMILES string of the molecule is CNc1nc(C(C)(C)C)nc(SCC(C)C)c1C. The third kappa shape index (κ3) is 3.87. The van der Waals surface area contributed by atoms with E-state index in [0.717, 1.165) is 28.0 Å². The Kier molecular flexibility index (Phi) is 5.02. The standard InChI is InChI=1S/C14H25N3S/c1-9(2)8-18-12-10(3)11(15-7)16-13(17-12)14(4,5)6/h9H,8H2,1-7H3,(H,15,16,17). The van der Waals surface area contributed by atoms with Gasteiger partial charge in [0.15, 0.2) is 0 Å². The van der Waals surface area contributed by atoms with Crippen molar-refractivity contribution in [1.29, 1.82) is 0 Å². The molecule has 0 aliphatic carbocycles. The summed E-state index contributed by atoms with van der Waals surface area (Å²) in [5.74, 6) is 3.61. The van der Waals surface area contributed by atoms with Crippen LogP contribution in [0, 0.1) is 12.8 Å². The third-order valence-corrected chi connectivity index (χ3v) is 4.07. The highest BCUT2D eigenvalue weighted by Gasteiger charge is 2.21. The molecule has 0 aliphatic rings. The molecular formula is C14H25N3S. The number of nitrogens with one attached hydrogen (secondary N) is 1. The van der Waals surface area contributed by atoms with Crippen molar-refractivity contribution in [1.82, 2.24) is 9.97 Å². The highest BCUT2D eigenvalue weighted by molar-refractivity contribution is 7.99. The fourth-order valence-corrected chi connectivity index (χ4v) is 2.42. The minimum absolute atomic E-state index is 0.0214. The lowest BCUT2D eigenvalue weighted by Gasteiger charge is -2.20. The lowest BCUT2D eigenvalue weighted by molar-refractivity contribution is 0.538. The van der Waals surface area contributed by atoms with E-state index in [0.29, 0.717) is 5.92 Å². The fourth-order valence-electron chi connectivity index (χ4n) is 1.46. The molecule has 0 unspecified atom stereocenters. The normalized spacial score (nSPS) is 12.0. The maximum atomic E-state index is 4.74. The van der Waals surface area contributed by atoms with E-state index >= 15 is 0 Å². The molecule has 0 atom stereocenters. The van der Waals surface area contributed by atoms with Gasteiger partial charge in [0.2, 0.25) is 0 Å². The van der Waals surface area contributed by atoms with Gasteiger partial charge in [0.05, 0.1) is 0 Å². The Bertz CT molecular complexity index is 408. The van der Waals surface area contributed by atoms with Gasteiger partial charge in [-0.25, -0.2) is 9.97 Å². The van der Waals surface area contributed by atoms with Gasteiger partial charge in [-0.15, -0.1) is 11.8 Å². The Morgan fingerprint density at radius 3 is 2.28 bits per heavy atom. The van der Waals surface area contributed by atoms with E-state index in [1.165, 1.54) is 0 Å². The predicted octanol–water partition coefficient (Wildman–Crippen LogP) is 3.87. The van der Waals surface area contributed by atoms with E-state index in [2.05, 4.69) is 51.8 Å². The Balaban J connectivity index is 3.15. The van der Waals surface area contributed by atoms with Gasteiger partial charge in [-0.1, -0.05) is 34.6 Å². The van der Waals surface area contributed by atoms with Crippen molar-refractivity contribution in [3.63, 3.8) is 0 Å². The van der Waals surface area contributed by atoms with Crippen LogP contribution in [0.4, 0.5) is 5.82 Å². The fraction of sp³-hybridized carbons (Fsp3) is 0.714. The number of hydrogen-bond donors (Lipinski definition) is 1. The molecule has 1 heterocycles. The van der Waals surface area contributed by atoms with Crippen LogP contribution >= 0.6 is 11.8 Å². The quantitative estimate of drug-likeness (QED) is 0.664. The molecule has 0 spiro atoms. The minimum Gasteiger partial charge on any atom is -0.373 e. The second-order valence-corrected chi connectivity index (χ2v) is 7.04. The summed E-state index contributed by atoms with van der Waals surface area (Å²) < 4.78 is 0. The minimum atomic E-state index is -0.0214. The lowest BCUT2D eigenvalue weighted by atomic mass is 9.95. The summed E-state index contributed by atoms with van der Waals surface area (Å²) in [7, 11) is 1.92. The van der Waals surface area contributed by atoms with Crippen LogP contribution in [-0.4, -0.2) is 22.8 Å². The van der Waals surface area contributed by atoms with Crippen LogP contribution in [0.15, 0.2) is 5.03 Å². The first-order valence-electron chi connectivity index (χ1n) is 6.45. The van der Waals surface area contributed by atoms with Crippen LogP contribution in [0.25, 0.3) is 0 Å². The molecule has 0 amide bonds. The van der Waals surface area contributed by atoms with Crippen molar-refractivity contribution in [2.24, 2.45) is 5.92 Å².